The van der Waals surface area contributed by atoms with Gasteiger partial charge in [-0.05, 0) is 31.0 Å². The second kappa shape index (κ2) is 4.94. The molecule has 1 aromatic carbocycles. The quantitative estimate of drug-likeness (QED) is 0.755. The highest BCUT2D eigenvalue weighted by Gasteiger charge is 2.35. The average Bonchev–Trinajstić information content (AvgIpc) is 2.66. The second-order valence-corrected chi connectivity index (χ2v) is 6.66. The van der Waals surface area contributed by atoms with E-state index < -0.39 is 0 Å². The molecule has 2 heterocycles. The molecule has 1 aromatic rings. The van der Waals surface area contributed by atoms with Crippen molar-refractivity contribution in [3.63, 3.8) is 0 Å². The second-order valence-electron chi connectivity index (χ2n) is 4.83. The van der Waals surface area contributed by atoms with E-state index in [9.17, 15) is 4.79 Å². The SMILES string of the molecule is O=C(c1cc(Br)cc(Br)c1)N1CC2CCC(C1)O2. The highest BCUT2D eigenvalue weighted by molar-refractivity contribution is 9.11. The first-order valence-electron chi connectivity index (χ1n) is 6.02. The maximum Gasteiger partial charge on any atom is 0.254 e. The number of likely N-dealkylation sites (tertiary alicyclic amines) is 1. The van der Waals surface area contributed by atoms with Crippen LogP contribution in [0.1, 0.15) is 23.2 Å². The molecule has 0 spiro atoms. The summed E-state index contributed by atoms with van der Waals surface area (Å²) in [7, 11) is 0. The Hall–Kier alpha value is -0.390. The molecule has 2 bridgehead atoms. The molecule has 2 unspecified atom stereocenters. The third-order valence-electron chi connectivity index (χ3n) is 3.44. The topological polar surface area (TPSA) is 29.5 Å². The van der Waals surface area contributed by atoms with Crippen LogP contribution >= 0.6 is 31.9 Å². The van der Waals surface area contributed by atoms with Gasteiger partial charge in [0.05, 0.1) is 12.2 Å². The van der Waals surface area contributed by atoms with Crippen LogP contribution < -0.4 is 0 Å². The Morgan fingerprint density at radius 3 is 2.22 bits per heavy atom. The zero-order valence-electron chi connectivity index (χ0n) is 9.73. The highest BCUT2D eigenvalue weighted by atomic mass is 79.9. The number of rotatable bonds is 1. The van der Waals surface area contributed by atoms with E-state index in [1.807, 2.05) is 23.1 Å². The minimum atomic E-state index is 0.0946. The van der Waals surface area contributed by atoms with E-state index in [2.05, 4.69) is 31.9 Å². The largest absolute Gasteiger partial charge is 0.371 e. The van der Waals surface area contributed by atoms with Crippen LogP contribution in [0.25, 0.3) is 0 Å². The maximum atomic E-state index is 12.5. The Labute approximate surface area is 123 Å². The predicted molar refractivity (Wildman–Crippen MR) is 75.6 cm³/mol. The fraction of sp³-hybridized carbons (Fsp3) is 0.462. The Morgan fingerprint density at radius 2 is 1.67 bits per heavy atom. The number of hydrogen-bond donors (Lipinski definition) is 0. The van der Waals surface area contributed by atoms with Crippen LogP contribution in [0.15, 0.2) is 27.1 Å². The molecule has 0 saturated carbocycles. The van der Waals surface area contributed by atoms with Crippen molar-refractivity contribution in [2.45, 2.75) is 25.0 Å². The normalized spacial score (nSPS) is 26.4. The van der Waals surface area contributed by atoms with Crippen LogP contribution in [-0.4, -0.2) is 36.1 Å². The van der Waals surface area contributed by atoms with Gasteiger partial charge in [-0.15, -0.1) is 0 Å². The molecule has 18 heavy (non-hydrogen) atoms. The number of benzene rings is 1. The Balaban J connectivity index is 1.81. The first-order valence-corrected chi connectivity index (χ1v) is 7.61. The van der Waals surface area contributed by atoms with Crippen molar-refractivity contribution in [1.29, 1.82) is 0 Å². The van der Waals surface area contributed by atoms with Crippen LogP contribution in [0.3, 0.4) is 0 Å². The first-order chi connectivity index (χ1) is 8.61. The van der Waals surface area contributed by atoms with Crippen LogP contribution in [0, 0.1) is 0 Å². The molecule has 1 amide bonds. The third kappa shape index (κ3) is 2.49. The molecule has 96 valence electrons. The lowest BCUT2D eigenvalue weighted by molar-refractivity contribution is -0.0303. The lowest BCUT2D eigenvalue weighted by Crippen LogP contribution is -2.45. The summed E-state index contributed by atoms with van der Waals surface area (Å²) in [6, 6.07) is 5.66. The van der Waals surface area contributed by atoms with Gasteiger partial charge in [-0.1, -0.05) is 31.9 Å². The summed E-state index contributed by atoms with van der Waals surface area (Å²) in [6.45, 7) is 1.44. The van der Waals surface area contributed by atoms with E-state index in [0.29, 0.717) is 0 Å². The van der Waals surface area contributed by atoms with Gasteiger partial charge in [-0.2, -0.15) is 0 Å². The van der Waals surface area contributed by atoms with E-state index >= 15 is 0 Å². The molecule has 3 rings (SSSR count). The molecule has 2 aliphatic heterocycles. The van der Waals surface area contributed by atoms with Crippen LogP contribution in [-0.2, 0) is 4.74 Å². The van der Waals surface area contributed by atoms with Crippen molar-refractivity contribution in [1.82, 2.24) is 4.90 Å². The number of morpholine rings is 1. The van der Waals surface area contributed by atoms with Crippen molar-refractivity contribution >= 4 is 37.8 Å². The number of ether oxygens (including phenoxy) is 1. The summed E-state index contributed by atoms with van der Waals surface area (Å²) in [5.41, 5.74) is 0.720. The number of hydrogen-bond acceptors (Lipinski definition) is 2. The molecular weight excluding hydrogens is 362 g/mol. The van der Waals surface area contributed by atoms with Gasteiger partial charge in [-0.25, -0.2) is 0 Å². The molecule has 2 saturated heterocycles. The predicted octanol–water partition coefficient (Wildman–Crippen LogP) is 3.22. The molecule has 2 atom stereocenters. The van der Waals surface area contributed by atoms with E-state index in [1.165, 1.54) is 0 Å². The lowest BCUT2D eigenvalue weighted by Gasteiger charge is -2.32. The molecular formula is C13H13Br2NO2. The van der Waals surface area contributed by atoms with Crippen molar-refractivity contribution < 1.29 is 9.53 Å². The Bertz CT molecular complexity index is 460. The monoisotopic (exact) mass is 373 g/mol. The van der Waals surface area contributed by atoms with Gasteiger partial charge in [0.1, 0.15) is 0 Å². The maximum absolute atomic E-state index is 12.5. The minimum Gasteiger partial charge on any atom is -0.371 e. The molecule has 0 aromatic heterocycles. The summed E-state index contributed by atoms with van der Waals surface area (Å²) in [5.74, 6) is 0.0946. The zero-order chi connectivity index (χ0) is 12.7. The van der Waals surface area contributed by atoms with Gasteiger partial charge in [0.2, 0.25) is 0 Å². The Morgan fingerprint density at radius 1 is 1.11 bits per heavy atom. The highest BCUT2D eigenvalue weighted by Crippen LogP contribution is 2.28. The average molecular weight is 375 g/mol. The summed E-state index contributed by atoms with van der Waals surface area (Å²) in [5, 5.41) is 0. The summed E-state index contributed by atoms with van der Waals surface area (Å²) in [4.78, 5) is 14.4. The summed E-state index contributed by atoms with van der Waals surface area (Å²) < 4.78 is 7.58. The molecule has 0 N–H and O–H groups in total. The van der Waals surface area contributed by atoms with Crippen molar-refractivity contribution in [2.75, 3.05) is 13.1 Å². The van der Waals surface area contributed by atoms with Gasteiger partial charge in [0.25, 0.3) is 5.91 Å². The molecule has 0 radical (unpaired) electrons. The van der Waals surface area contributed by atoms with Crippen molar-refractivity contribution in [3.05, 3.63) is 32.7 Å². The standard InChI is InChI=1S/C13H13Br2NO2/c14-9-3-8(4-10(15)5-9)13(17)16-6-11-1-2-12(7-16)18-11/h3-5,11-12H,1-2,6-7H2. The van der Waals surface area contributed by atoms with Crippen LogP contribution in [0.5, 0.6) is 0 Å². The third-order valence-corrected chi connectivity index (χ3v) is 4.36. The first kappa shape index (κ1) is 12.6. The fourth-order valence-corrected chi connectivity index (χ4v) is 3.93. The number of amides is 1. The van der Waals surface area contributed by atoms with E-state index in [0.717, 1.165) is 40.4 Å². The van der Waals surface area contributed by atoms with Crippen molar-refractivity contribution in [3.8, 4) is 0 Å². The number of carbonyl (C=O) groups is 1. The summed E-state index contributed by atoms with van der Waals surface area (Å²) >= 11 is 6.83. The molecule has 3 nitrogen and oxygen atoms in total. The van der Waals surface area contributed by atoms with Gasteiger partial charge in [-0.3, -0.25) is 4.79 Å². The number of fused-ring (bicyclic) bond motifs is 2. The van der Waals surface area contributed by atoms with Gasteiger partial charge >= 0.3 is 0 Å². The van der Waals surface area contributed by atoms with Crippen molar-refractivity contribution in [2.24, 2.45) is 0 Å². The smallest absolute Gasteiger partial charge is 0.254 e. The van der Waals surface area contributed by atoms with Crippen LogP contribution in [0.4, 0.5) is 0 Å². The Kier molecular flexibility index (Phi) is 3.47. The molecule has 5 heteroatoms. The molecule has 2 fully saturated rings. The van der Waals surface area contributed by atoms with Gasteiger partial charge in [0.15, 0.2) is 0 Å². The molecule has 0 aliphatic carbocycles. The van der Waals surface area contributed by atoms with Crippen LogP contribution in [0.2, 0.25) is 0 Å². The zero-order valence-corrected chi connectivity index (χ0v) is 12.9. The molecule has 2 aliphatic rings. The lowest BCUT2D eigenvalue weighted by atomic mass is 10.2. The van der Waals surface area contributed by atoms with Gasteiger partial charge < -0.3 is 9.64 Å². The number of nitrogens with zero attached hydrogens (tertiary/aromatic N) is 1. The fourth-order valence-electron chi connectivity index (χ4n) is 2.64. The van der Waals surface area contributed by atoms with E-state index in [1.54, 1.807) is 0 Å². The number of halogens is 2. The van der Waals surface area contributed by atoms with E-state index in [-0.39, 0.29) is 18.1 Å². The minimum absolute atomic E-state index is 0.0946. The summed E-state index contributed by atoms with van der Waals surface area (Å²) in [6.07, 6.45) is 2.64. The van der Waals surface area contributed by atoms with E-state index in [4.69, 9.17) is 4.74 Å². The number of carbonyl (C=O) groups excluding carboxylic acids is 1. The van der Waals surface area contributed by atoms with Gasteiger partial charge in [0, 0.05) is 27.6 Å².